The summed E-state index contributed by atoms with van der Waals surface area (Å²) in [5.74, 6) is -0.829. The zero-order valence-electron chi connectivity index (χ0n) is 15.6. The molecule has 0 fully saturated rings. The molecule has 0 atom stereocenters. The van der Waals surface area contributed by atoms with Gasteiger partial charge in [0, 0.05) is 16.8 Å². The molecule has 0 unspecified atom stereocenters. The van der Waals surface area contributed by atoms with Crippen molar-refractivity contribution in [2.75, 3.05) is 11.9 Å². The van der Waals surface area contributed by atoms with Gasteiger partial charge in [-0.1, -0.05) is 66.7 Å². The van der Waals surface area contributed by atoms with Gasteiger partial charge in [0.2, 0.25) is 0 Å². The standard InChI is InChI=1S/C24H23NO3/c26-23(27)17-25-22-15-11-19(12-16-22)6-4-5-18-9-13-21(14-10-18)24(28)20-7-2-1-3-8-20/h1-3,7-16,25H,4-6,17H2,(H,26,27). The lowest BCUT2D eigenvalue weighted by atomic mass is 9.99. The minimum Gasteiger partial charge on any atom is -0.480 e. The smallest absolute Gasteiger partial charge is 0.322 e. The van der Waals surface area contributed by atoms with Crippen molar-refractivity contribution in [1.29, 1.82) is 0 Å². The third-order valence-electron chi connectivity index (χ3n) is 4.58. The van der Waals surface area contributed by atoms with Gasteiger partial charge in [-0.15, -0.1) is 0 Å². The van der Waals surface area contributed by atoms with Crippen molar-refractivity contribution >= 4 is 17.4 Å². The first-order valence-corrected chi connectivity index (χ1v) is 9.35. The van der Waals surface area contributed by atoms with E-state index in [0.29, 0.717) is 11.1 Å². The molecule has 3 aromatic carbocycles. The highest BCUT2D eigenvalue weighted by Crippen LogP contribution is 2.15. The van der Waals surface area contributed by atoms with Crippen molar-refractivity contribution in [1.82, 2.24) is 0 Å². The van der Waals surface area contributed by atoms with Gasteiger partial charge >= 0.3 is 5.97 Å². The van der Waals surface area contributed by atoms with Crippen LogP contribution in [0.1, 0.15) is 33.5 Å². The molecule has 0 aliphatic heterocycles. The normalized spacial score (nSPS) is 10.4. The topological polar surface area (TPSA) is 66.4 Å². The molecule has 0 heterocycles. The maximum absolute atomic E-state index is 12.4. The van der Waals surface area contributed by atoms with Gasteiger partial charge in [-0.3, -0.25) is 9.59 Å². The molecule has 0 aliphatic carbocycles. The molecule has 0 aromatic heterocycles. The molecule has 28 heavy (non-hydrogen) atoms. The number of carbonyl (C=O) groups excluding carboxylic acids is 1. The predicted molar refractivity (Wildman–Crippen MR) is 111 cm³/mol. The Morgan fingerprint density at radius 3 is 1.82 bits per heavy atom. The van der Waals surface area contributed by atoms with Crippen molar-refractivity contribution in [2.45, 2.75) is 19.3 Å². The Bertz CT molecular complexity index is 916. The molecule has 142 valence electrons. The summed E-state index contributed by atoms with van der Waals surface area (Å²) in [6.07, 6.45) is 2.90. The zero-order valence-corrected chi connectivity index (χ0v) is 15.6. The molecule has 3 aromatic rings. The Balaban J connectivity index is 1.49. The van der Waals surface area contributed by atoms with E-state index in [1.807, 2.05) is 78.9 Å². The Kier molecular flexibility index (Phi) is 6.58. The van der Waals surface area contributed by atoms with Crippen LogP contribution in [0.25, 0.3) is 0 Å². The van der Waals surface area contributed by atoms with Gasteiger partial charge in [-0.25, -0.2) is 0 Å². The summed E-state index contributed by atoms with van der Waals surface area (Å²) in [5.41, 5.74) is 4.65. The number of carbonyl (C=O) groups is 2. The lowest BCUT2D eigenvalue weighted by Crippen LogP contribution is -2.12. The molecule has 0 amide bonds. The molecule has 2 N–H and O–H groups in total. The second-order valence-corrected chi connectivity index (χ2v) is 6.69. The van der Waals surface area contributed by atoms with E-state index in [2.05, 4.69) is 5.32 Å². The minimum atomic E-state index is -0.874. The van der Waals surface area contributed by atoms with Crippen LogP contribution in [-0.4, -0.2) is 23.4 Å². The van der Waals surface area contributed by atoms with Gasteiger partial charge in [0.05, 0.1) is 0 Å². The molecular weight excluding hydrogens is 350 g/mol. The molecule has 0 radical (unpaired) electrons. The molecule has 4 heteroatoms. The van der Waals surface area contributed by atoms with E-state index in [-0.39, 0.29) is 12.3 Å². The summed E-state index contributed by atoms with van der Waals surface area (Å²) in [5, 5.41) is 11.5. The Morgan fingerprint density at radius 2 is 1.25 bits per heavy atom. The van der Waals surface area contributed by atoms with Crippen molar-refractivity contribution in [3.63, 3.8) is 0 Å². The first kappa shape index (κ1) is 19.4. The molecule has 0 saturated heterocycles. The van der Waals surface area contributed by atoms with Crippen molar-refractivity contribution in [3.05, 3.63) is 101 Å². The number of hydrogen-bond acceptors (Lipinski definition) is 3. The summed E-state index contributed by atoms with van der Waals surface area (Å²) in [6.45, 7) is -0.0812. The van der Waals surface area contributed by atoms with Gasteiger partial charge < -0.3 is 10.4 Å². The van der Waals surface area contributed by atoms with E-state index in [1.165, 1.54) is 11.1 Å². The van der Waals surface area contributed by atoms with E-state index >= 15 is 0 Å². The SMILES string of the molecule is O=C(O)CNc1ccc(CCCc2ccc(C(=O)c3ccccc3)cc2)cc1. The zero-order chi connectivity index (χ0) is 19.8. The number of rotatable bonds is 9. The van der Waals surface area contributed by atoms with Crippen molar-refractivity contribution in [2.24, 2.45) is 0 Å². The molecule has 0 bridgehead atoms. The highest BCUT2D eigenvalue weighted by atomic mass is 16.4. The molecule has 0 aliphatic rings. The molecule has 0 saturated carbocycles. The summed E-state index contributed by atoms with van der Waals surface area (Å²) in [7, 11) is 0. The van der Waals surface area contributed by atoms with Crippen molar-refractivity contribution < 1.29 is 14.7 Å². The fraction of sp³-hybridized carbons (Fsp3) is 0.167. The Labute approximate surface area is 164 Å². The monoisotopic (exact) mass is 373 g/mol. The number of aryl methyl sites for hydroxylation is 2. The number of carboxylic acids is 1. The fourth-order valence-corrected chi connectivity index (χ4v) is 3.04. The van der Waals surface area contributed by atoms with Crippen LogP contribution < -0.4 is 5.32 Å². The second-order valence-electron chi connectivity index (χ2n) is 6.69. The van der Waals surface area contributed by atoms with Crippen LogP contribution in [0.4, 0.5) is 5.69 Å². The lowest BCUT2D eigenvalue weighted by molar-refractivity contribution is -0.134. The predicted octanol–water partition coefficient (Wildman–Crippen LogP) is 4.59. The number of aliphatic carboxylic acids is 1. The molecule has 3 rings (SSSR count). The number of carboxylic acid groups (broad SMARTS) is 1. The second kappa shape index (κ2) is 9.51. The number of hydrogen-bond donors (Lipinski definition) is 2. The van der Waals surface area contributed by atoms with Gasteiger partial charge in [-0.2, -0.15) is 0 Å². The Hall–Kier alpha value is -3.40. The Morgan fingerprint density at radius 1 is 0.714 bits per heavy atom. The average molecular weight is 373 g/mol. The van der Waals surface area contributed by atoms with E-state index in [4.69, 9.17) is 5.11 Å². The van der Waals surface area contributed by atoms with Crippen LogP contribution in [-0.2, 0) is 17.6 Å². The highest BCUT2D eigenvalue weighted by molar-refractivity contribution is 6.08. The third-order valence-corrected chi connectivity index (χ3v) is 4.58. The maximum atomic E-state index is 12.4. The van der Waals surface area contributed by atoms with E-state index in [9.17, 15) is 9.59 Å². The van der Waals surface area contributed by atoms with E-state index in [0.717, 1.165) is 24.9 Å². The number of nitrogens with one attached hydrogen (secondary N) is 1. The fourth-order valence-electron chi connectivity index (χ4n) is 3.04. The van der Waals surface area contributed by atoms with Crippen LogP contribution in [0.5, 0.6) is 0 Å². The summed E-state index contributed by atoms with van der Waals surface area (Å²) in [4.78, 5) is 23.0. The molecule has 4 nitrogen and oxygen atoms in total. The summed E-state index contributed by atoms with van der Waals surface area (Å²) < 4.78 is 0. The van der Waals surface area contributed by atoms with Crippen LogP contribution in [0.2, 0.25) is 0 Å². The first-order valence-electron chi connectivity index (χ1n) is 9.35. The number of anilines is 1. The van der Waals surface area contributed by atoms with Gasteiger partial charge in [0.15, 0.2) is 5.78 Å². The van der Waals surface area contributed by atoms with Gasteiger partial charge in [0.25, 0.3) is 0 Å². The third kappa shape index (κ3) is 5.55. The van der Waals surface area contributed by atoms with Crippen LogP contribution in [0.15, 0.2) is 78.9 Å². The lowest BCUT2D eigenvalue weighted by Gasteiger charge is -2.07. The minimum absolute atomic E-state index is 0.0451. The van der Waals surface area contributed by atoms with Crippen LogP contribution in [0.3, 0.4) is 0 Å². The van der Waals surface area contributed by atoms with E-state index < -0.39 is 5.97 Å². The molecule has 0 spiro atoms. The number of benzene rings is 3. The van der Waals surface area contributed by atoms with Crippen LogP contribution >= 0.6 is 0 Å². The first-order chi connectivity index (χ1) is 13.6. The molecular formula is C24H23NO3. The summed E-state index contributed by atoms with van der Waals surface area (Å²) >= 11 is 0. The largest absolute Gasteiger partial charge is 0.480 e. The summed E-state index contributed by atoms with van der Waals surface area (Å²) in [6, 6.07) is 25.0. The maximum Gasteiger partial charge on any atom is 0.322 e. The van der Waals surface area contributed by atoms with E-state index in [1.54, 1.807) is 0 Å². The van der Waals surface area contributed by atoms with Crippen molar-refractivity contribution in [3.8, 4) is 0 Å². The quantitative estimate of drug-likeness (QED) is 0.539. The van der Waals surface area contributed by atoms with Gasteiger partial charge in [0.1, 0.15) is 6.54 Å². The number of ketones is 1. The van der Waals surface area contributed by atoms with Gasteiger partial charge in [-0.05, 0) is 42.5 Å². The highest BCUT2D eigenvalue weighted by Gasteiger charge is 2.08. The average Bonchev–Trinajstić information content (AvgIpc) is 2.74. The van der Waals surface area contributed by atoms with Crippen LogP contribution in [0, 0.1) is 0 Å².